The van der Waals surface area contributed by atoms with Gasteiger partial charge >= 0.3 is 0 Å². The molecule has 2 N–H and O–H groups in total. The van der Waals surface area contributed by atoms with Crippen LogP contribution in [0.4, 0.5) is 0 Å². The van der Waals surface area contributed by atoms with Gasteiger partial charge in [-0.2, -0.15) is 5.10 Å². The van der Waals surface area contributed by atoms with Crippen molar-refractivity contribution >= 4 is 11.9 Å². The van der Waals surface area contributed by atoms with Gasteiger partial charge in [0.15, 0.2) is 5.96 Å². The number of hydrogen-bond donors (Lipinski definition) is 2. The summed E-state index contributed by atoms with van der Waals surface area (Å²) in [6.45, 7) is 8.22. The highest BCUT2D eigenvalue weighted by atomic mass is 16.1. The molecule has 8 heteroatoms. The van der Waals surface area contributed by atoms with E-state index in [4.69, 9.17) is 0 Å². The Hall–Kier alpha value is -2.12. The molecule has 0 saturated carbocycles. The van der Waals surface area contributed by atoms with Crippen molar-refractivity contribution < 1.29 is 4.79 Å². The van der Waals surface area contributed by atoms with Crippen molar-refractivity contribution in [3.63, 3.8) is 0 Å². The van der Waals surface area contributed by atoms with Crippen LogP contribution in [-0.2, 0) is 18.4 Å². The Kier molecular flexibility index (Phi) is 7.34. The van der Waals surface area contributed by atoms with Crippen LogP contribution in [0.25, 0.3) is 0 Å². The summed E-state index contributed by atoms with van der Waals surface area (Å²) in [5.41, 5.74) is 0. The van der Waals surface area contributed by atoms with E-state index in [1.165, 1.54) is 6.33 Å². The maximum absolute atomic E-state index is 11.5. The fraction of sp³-hybridized carbons (Fsp3) is 0.714. The maximum atomic E-state index is 11.5. The zero-order valence-electron chi connectivity index (χ0n) is 14.1. The van der Waals surface area contributed by atoms with Crippen LogP contribution in [0.15, 0.2) is 11.3 Å². The molecular formula is C14H27N7O. The van der Waals surface area contributed by atoms with Crippen LogP contribution in [0.5, 0.6) is 0 Å². The van der Waals surface area contributed by atoms with Crippen LogP contribution in [0.2, 0.25) is 0 Å². The second kappa shape index (κ2) is 9.01. The minimum Gasteiger partial charge on any atom is -0.357 e. The molecule has 0 saturated heterocycles. The van der Waals surface area contributed by atoms with E-state index in [-0.39, 0.29) is 11.8 Å². The molecule has 1 amide bonds. The molecule has 124 valence electrons. The molecule has 8 nitrogen and oxygen atoms in total. The zero-order valence-corrected chi connectivity index (χ0v) is 14.1. The second-order valence-electron chi connectivity index (χ2n) is 5.34. The molecule has 0 radical (unpaired) electrons. The van der Waals surface area contributed by atoms with E-state index in [1.54, 1.807) is 4.68 Å². The first kappa shape index (κ1) is 17.9. The number of carbonyl (C=O) groups is 1. The summed E-state index contributed by atoms with van der Waals surface area (Å²) in [5, 5.41) is 10.1. The third-order valence-corrected chi connectivity index (χ3v) is 3.08. The number of aryl methyl sites for hydroxylation is 1. The first-order chi connectivity index (χ1) is 10.5. The normalized spacial score (nSPS) is 11.6. The van der Waals surface area contributed by atoms with Crippen molar-refractivity contribution in [2.75, 3.05) is 26.7 Å². The smallest absolute Gasteiger partial charge is 0.222 e. The Morgan fingerprint density at radius 1 is 1.45 bits per heavy atom. The molecule has 22 heavy (non-hydrogen) atoms. The lowest BCUT2D eigenvalue weighted by molar-refractivity contribution is -0.123. The number of hydrogen-bond acceptors (Lipinski definition) is 4. The van der Waals surface area contributed by atoms with E-state index in [9.17, 15) is 4.79 Å². The summed E-state index contributed by atoms with van der Waals surface area (Å²) in [6, 6.07) is 0. The summed E-state index contributed by atoms with van der Waals surface area (Å²) in [6.07, 6.45) is 1.54. The highest BCUT2D eigenvalue weighted by Crippen LogP contribution is 1.98. The SMILES string of the molecule is CCNC(=NCCNC(=O)C(C)C)N(C)Cc1ncnn1C. The summed E-state index contributed by atoms with van der Waals surface area (Å²) in [7, 11) is 3.81. The topological polar surface area (TPSA) is 87.4 Å². The van der Waals surface area contributed by atoms with E-state index in [1.807, 2.05) is 39.8 Å². The fourth-order valence-electron chi connectivity index (χ4n) is 1.77. The lowest BCUT2D eigenvalue weighted by atomic mass is 10.2. The number of nitrogens with zero attached hydrogens (tertiary/aromatic N) is 5. The number of nitrogens with one attached hydrogen (secondary N) is 2. The van der Waals surface area contributed by atoms with Gasteiger partial charge in [-0.3, -0.25) is 14.5 Å². The highest BCUT2D eigenvalue weighted by molar-refractivity contribution is 5.80. The van der Waals surface area contributed by atoms with Gasteiger partial charge in [0.1, 0.15) is 12.2 Å². The molecule has 1 heterocycles. The van der Waals surface area contributed by atoms with Crippen molar-refractivity contribution in [1.82, 2.24) is 30.3 Å². The average molecular weight is 309 g/mol. The Labute approximate surface area is 132 Å². The van der Waals surface area contributed by atoms with Gasteiger partial charge in [-0.1, -0.05) is 13.8 Å². The van der Waals surface area contributed by atoms with Gasteiger partial charge in [0.05, 0.1) is 13.1 Å². The number of carbonyl (C=O) groups excluding carboxylic acids is 1. The summed E-state index contributed by atoms with van der Waals surface area (Å²) in [5.74, 6) is 1.69. The van der Waals surface area contributed by atoms with Gasteiger partial charge in [-0.05, 0) is 6.92 Å². The Balaban J connectivity index is 2.54. The monoisotopic (exact) mass is 309 g/mol. The van der Waals surface area contributed by atoms with Crippen LogP contribution < -0.4 is 10.6 Å². The lowest BCUT2D eigenvalue weighted by Gasteiger charge is -2.21. The van der Waals surface area contributed by atoms with E-state index in [0.29, 0.717) is 19.6 Å². The van der Waals surface area contributed by atoms with Crippen LogP contribution in [0.3, 0.4) is 0 Å². The highest BCUT2D eigenvalue weighted by Gasteiger charge is 2.10. The van der Waals surface area contributed by atoms with E-state index in [0.717, 1.165) is 18.3 Å². The molecule has 0 aliphatic heterocycles. The quantitative estimate of drug-likeness (QED) is 0.420. The molecule has 0 spiro atoms. The molecule has 1 aromatic rings. The van der Waals surface area contributed by atoms with Gasteiger partial charge in [-0.25, -0.2) is 4.98 Å². The van der Waals surface area contributed by atoms with Crippen LogP contribution in [0.1, 0.15) is 26.6 Å². The molecule has 0 unspecified atom stereocenters. The van der Waals surface area contributed by atoms with Gasteiger partial charge in [0.2, 0.25) is 5.91 Å². The van der Waals surface area contributed by atoms with Crippen LogP contribution >= 0.6 is 0 Å². The van der Waals surface area contributed by atoms with Gasteiger partial charge in [0, 0.05) is 33.1 Å². The Morgan fingerprint density at radius 2 is 2.18 bits per heavy atom. The molecule has 0 bridgehead atoms. The van der Waals surface area contributed by atoms with Crippen molar-refractivity contribution in [2.24, 2.45) is 18.0 Å². The Bertz CT molecular complexity index is 495. The fourth-order valence-corrected chi connectivity index (χ4v) is 1.77. The predicted octanol–water partition coefficient (Wildman–Crippen LogP) is -0.0154. The summed E-state index contributed by atoms with van der Waals surface area (Å²) >= 11 is 0. The summed E-state index contributed by atoms with van der Waals surface area (Å²) < 4.78 is 1.74. The molecule has 1 aromatic heterocycles. The molecule has 1 rings (SSSR count). The first-order valence-corrected chi connectivity index (χ1v) is 7.55. The number of amides is 1. The predicted molar refractivity (Wildman–Crippen MR) is 86.3 cm³/mol. The molecule has 0 atom stereocenters. The van der Waals surface area contributed by atoms with Crippen molar-refractivity contribution in [1.29, 1.82) is 0 Å². The van der Waals surface area contributed by atoms with E-state index < -0.39 is 0 Å². The average Bonchev–Trinajstić information content (AvgIpc) is 2.87. The first-order valence-electron chi connectivity index (χ1n) is 7.55. The molecule has 0 aliphatic rings. The molecule has 0 fully saturated rings. The third kappa shape index (κ3) is 5.71. The van der Waals surface area contributed by atoms with E-state index >= 15 is 0 Å². The number of aliphatic imine (C=N–C) groups is 1. The third-order valence-electron chi connectivity index (χ3n) is 3.08. The zero-order chi connectivity index (χ0) is 16.5. The minimum atomic E-state index is -0.00388. The molecule has 0 aromatic carbocycles. The number of aromatic nitrogens is 3. The minimum absolute atomic E-state index is 0.00388. The van der Waals surface area contributed by atoms with Crippen molar-refractivity contribution in [3.8, 4) is 0 Å². The van der Waals surface area contributed by atoms with Gasteiger partial charge < -0.3 is 15.5 Å². The van der Waals surface area contributed by atoms with E-state index in [2.05, 4.69) is 25.7 Å². The Morgan fingerprint density at radius 3 is 2.73 bits per heavy atom. The summed E-state index contributed by atoms with van der Waals surface area (Å²) in [4.78, 5) is 22.2. The van der Waals surface area contributed by atoms with Gasteiger partial charge in [0.25, 0.3) is 0 Å². The maximum Gasteiger partial charge on any atom is 0.222 e. The van der Waals surface area contributed by atoms with Gasteiger partial charge in [-0.15, -0.1) is 0 Å². The number of guanidine groups is 1. The second-order valence-corrected chi connectivity index (χ2v) is 5.34. The van der Waals surface area contributed by atoms with Crippen molar-refractivity contribution in [2.45, 2.75) is 27.3 Å². The van der Waals surface area contributed by atoms with Crippen LogP contribution in [0, 0.1) is 5.92 Å². The standard InChI is InChI=1S/C14H27N7O/c1-6-15-14(17-8-7-16-13(22)11(2)3)20(4)9-12-18-10-19-21(12)5/h10-11H,6-9H2,1-5H3,(H,15,17)(H,16,22). The van der Waals surface area contributed by atoms with Crippen LogP contribution in [-0.4, -0.2) is 58.2 Å². The lowest BCUT2D eigenvalue weighted by Crippen LogP contribution is -2.39. The largest absolute Gasteiger partial charge is 0.357 e. The number of rotatable bonds is 7. The van der Waals surface area contributed by atoms with Crippen molar-refractivity contribution in [3.05, 3.63) is 12.2 Å². The molecular weight excluding hydrogens is 282 g/mol. The molecule has 0 aliphatic carbocycles.